The van der Waals surface area contributed by atoms with Crippen LogP contribution in [0.15, 0.2) is 41.8 Å². The van der Waals surface area contributed by atoms with Crippen LogP contribution in [0.5, 0.6) is 0 Å². The summed E-state index contributed by atoms with van der Waals surface area (Å²) in [6.07, 6.45) is 0.803. The standard InChI is InChI=1S/C13H12O2S/c14-13(15)7-6-12-11(8-9-16-12)10-4-2-1-3-5-10/h1-5,8-9H,6-7H2,(H,14,15). The lowest BCUT2D eigenvalue weighted by Crippen LogP contribution is -1.96. The molecule has 2 aromatic rings. The average Bonchev–Trinajstić information content (AvgIpc) is 2.75. The van der Waals surface area contributed by atoms with Gasteiger partial charge in [0.1, 0.15) is 0 Å². The number of benzene rings is 1. The van der Waals surface area contributed by atoms with Crippen molar-refractivity contribution in [3.05, 3.63) is 46.7 Å². The minimum Gasteiger partial charge on any atom is -0.481 e. The highest BCUT2D eigenvalue weighted by Crippen LogP contribution is 2.28. The minimum absolute atomic E-state index is 0.195. The molecule has 0 aliphatic rings. The van der Waals surface area contributed by atoms with Crippen molar-refractivity contribution in [3.8, 4) is 11.1 Å². The third kappa shape index (κ3) is 2.49. The highest BCUT2D eigenvalue weighted by Gasteiger charge is 2.07. The third-order valence-corrected chi connectivity index (χ3v) is 3.38. The van der Waals surface area contributed by atoms with Gasteiger partial charge >= 0.3 is 5.97 Å². The summed E-state index contributed by atoms with van der Waals surface area (Å²) in [6, 6.07) is 12.1. The second-order valence-electron chi connectivity index (χ2n) is 3.52. The van der Waals surface area contributed by atoms with Crippen LogP contribution in [0.3, 0.4) is 0 Å². The molecule has 0 amide bonds. The zero-order chi connectivity index (χ0) is 11.4. The van der Waals surface area contributed by atoms with Crippen LogP contribution in [-0.2, 0) is 11.2 Å². The first-order valence-electron chi connectivity index (χ1n) is 5.11. The predicted molar refractivity (Wildman–Crippen MR) is 65.7 cm³/mol. The highest BCUT2D eigenvalue weighted by atomic mass is 32.1. The Morgan fingerprint density at radius 1 is 1.19 bits per heavy atom. The SMILES string of the molecule is O=C(O)CCc1sccc1-c1ccccc1. The van der Waals surface area contributed by atoms with E-state index in [0.29, 0.717) is 6.42 Å². The van der Waals surface area contributed by atoms with E-state index < -0.39 is 5.97 Å². The van der Waals surface area contributed by atoms with Crippen LogP contribution in [0, 0.1) is 0 Å². The van der Waals surface area contributed by atoms with E-state index in [0.717, 1.165) is 16.0 Å². The Bertz CT molecular complexity index is 474. The zero-order valence-corrected chi connectivity index (χ0v) is 9.54. The molecule has 1 heterocycles. The van der Waals surface area contributed by atoms with E-state index in [1.54, 1.807) is 11.3 Å². The Labute approximate surface area is 98.2 Å². The Morgan fingerprint density at radius 2 is 1.94 bits per heavy atom. The van der Waals surface area contributed by atoms with Crippen molar-refractivity contribution in [2.24, 2.45) is 0 Å². The van der Waals surface area contributed by atoms with Crippen LogP contribution < -0.4 is 0 Å². The van der Waals surface area contributed by atoms with E-state index in [1.807, 2.05) is 35.7 Å². The van der Waals surface area contributed by atoms with Crippen LogP contribution >= 0.6 is 11.3 Å². The topological polar surface area (TPSA) is 37.3 Å². The van der Waals surface area contributed by atoms with Gasteiger partial charge in [-0.1, -0.05) is 30.3 Å². The Hall–Kier alpha value is -1.61. The normalized spacial score (nSPS) is 10.2. The van der Waals surface area contributed by atoms with E-state index in [9.17, 15) is 4.79 Å². The first-order chi connectivity index (χ1) is 7.77. The number of hydrogen-bond donors (Lipinski definition) is 1. The van der Waals surface area contributed by atoms with Gasteiger partial charge in [-0.25, -0.2) is 0 Å². The van der Waals surface area contributed by atoms with Crippen molar-refractivity contribution in [1.29, 1.82) is 0 Å². The molecule has 0 unspecified atom stereocenters. The number of aliphatic carboxylic acids is 1. The minimum atomic E-state index is -0.743. The van der Waals surface area contributed by atoms with Gasteiger partial charge < -0.3 is 5.11 Å². The first-order valence-corrected chi connectivity index (χ1v) is 5.99. The molecule has 0 saturated heterocycles. The number of carboxylic acid groups (broad SMARTS) is 1. The molecule has 0 fully saturated rings. The van der Waals surface area contributed by atoms with Crippen molar-refractivity contribution < 1.29 is 9.90 Å². The smallest absolute Gasteiger partial charge is 0.303 e. The molecule has 0 atom stereocenters. The summed E-state index contributed by atoms with van der Waals surface area (Å²) >= 11 is 1.62. The molecule has 0 saturated carbocycles. The lowest BCUT2D eigenvalue weighted by molar-refractivity contribution is -0.136. The van der Waals surface area contributed by atoms with Gasteiger partial charge in [0.05, 0.1) is 6.42 Å². The maximum atomic E-state index is 10.5. The number of carbonyl (C=O) groups is 1. The molecule has 0 radical (unpaired) electrons. The molecular weight excluding hydrogens is 220 g/mol. The van der Waals surface area contributed by atoms with E-state index in [1.165, 1.54) is 0 Å². The highest BCUT2D eigenvalue weighted by molar-refractivity contribution is 7.10. The number of carboxylic acids is 1. The Morgan fingerprint density at radius 3 is 2.62 bits per heavy atom. The van der Waals surface area contributed by atoms with Gasteiger partial charge in [-0.2, -0.15) is 0 Å². The molecule has 1 N–H and O–H groups in total. The molecule has 82 valence electrons. The molecule has 2 rings (SSSR count). The number of hydrogen-bond acceptors (Lipinski definition) is 2. The summed E-state index contributed by atoms with van der Waals surface area (Å²) in [5.41, 5.74) is 2.32. The Kier molecular flexibility index (Phi) is 3.37. The van der Waals surface area contributed by atoms with Gasteiger partial charge in [0.2, 0.25) is 0 Å². The summed E-state index contributed by atoms with van der Waals surface area (Å²) in [6.45, 7) is 0. The molecule has 0 aliphatic heterocycles. The monoisotopic (exact) mass is 232 g/mol. The molecule has 1 aromatic carbocycles. The number of thiophene rings is 1. The van der Waals surface area contributed by atoms with E-state index >= 15 is 0 Å². The van der Waals surface area contributed by atoms with Crippen molar-refractivity contribution in [1.82, 2.24) is 0 Å². The molecule has 3 heteroatoms. The fourth-order valence-corrected chi connectivity index (χ4v) is 2.53. The van der Waals surface area contributed by atoms with Gasteiger partial charge in [-0.3, -0.25) is 4.79 Å². The summed E-state index contributed by atoms with van der Waals surface area (Å²) in [7, 11) is 0. The molecule has 16 heavy (non-hydrogen) atoms. The van der Waals surface area contributed by atoms with Crippen molar-refractivity contribution in [3.63, 3.8) is 0 Å². The fraction of sp³-hybridized carbons (Fsp3) is 0.154. The summed E-state index contributed by atoms with van der Waals surface area (Å²) < 4.78 is 0. The van der Waals surface area contributed by atoms with Gasteiger partial charge in [-0.15, -0.1) is 11.3 Å². The van der Waals surface area contributed by atoms with Gasteiger partial charge in [0, 0.05) is 4.88 Å². The van der Waals surface area contributed by atoms with Crippen LogP contribution in [0.25, 0.3) is 11.1 Å². The maximum Gasteiger partial charge on any atom is 0.303 e. The molecule has 2 nitrogen and oxygen atoms in total. The van der Waals surface area contributed by atoms with E-state index in [2.05, 4.69) is 6.07 Å². The fourth-order valence-electron chi connectivity index (χ4n) is 1.63. The molecular formula is C13H12O2S. The molecule has 0 spiro atoms. The molecule has 0 bridgehead atoms. The lowest BCUT2D eigenvalue weighted by atomic mass is 10.1. The summed E-state index contributed by atoms with van der Waals surface area (Å²) in [4.78, 5) is 11.7. The quantitative estimate of drug-likeness (QED) is 0.876. The average molecular weight is 232 g/mol. The van der Waals surface area contributed by atoms with Crippen LogP contribution in [-0.4, -0.2) is 11.1 Å². The van der Waals surface area contributed by atoms with Crippen LogP contribution in [0.1, 0.15) is 11.3 Å². The maximum absolute atomic E-state index is 10.5. The van der Waals surface area contributed by atoms with Crippen molar-refractivity contribution >= 4 is 17.3 Å². The van der Waals surface area contributed by atoms with E-state index in [-0.39, 0.29) is 6.42 Å². The summed E-state index contributed by atoms with van der Waals surface area (Å²) in [5.74, 6) is -0.743. The van der Waals surface area contributed by atoms with Crippen LogP contribution in [0.4, 0.5) is 0 Å². The number of aryl methyl sites for hydroxylation is 1. The largest absolute Gasteiger partial charge is 0.481 e. The van der Waals surface area contributed by atoms with Crippen molar-refractivity contribution in [2.45, 2.75) is 12.8 Å². The zero-order valence-electron chi connectivity index (χ0n) is 8.72. The van der Waals surface area contributed by atoms with Gasteiger partial charge in [-0.05, 0) is 29.0 Å². The van der Waals surface area contributed by atoms with Gasteiger partial charge in [0.25, 0.3) is 0 Å². The predicted octanol–water partition coefficient (Wildman–Crippen LogP) is 3.43. The van der Waals surface area contributed by atoms with Crippen LogP contribution in [0.2, 0.25) is 0 Å². The number of rotatable bonds is 4. The summed E-state index contributed by atoms with van der Waals surface area (Å²) in [5, 5.41) is 10.7. The van der Waals surface area contributed by atoms with Gasteiger partial charge in [0.15, 0.2) is 0 Å². The third-order valence-electron chi connectivity index (χ3n) is 2.40. The van der Waals surface area contributed by atoms with E-state index in [4.69, 9.17) is 5.11 Å². The second kappa shape index (κ2) is 4.94. The van der Waals surface area contributed by atoms with Crippen molar-refractivity contribution in [2.75, 3.05) is 0 Å². The first kappa shape index (κ1) is 10.9. The Balaban J connectivity index is 2.23. The molecule has 0 aliphatic carbocycles. The molecule has 1 aromatic heterocycles. The second-order valence-corrected chi connectivity index (χ2v) is 4.52. The lowest BCUT2D eigenvalue weighted by Gasteiger charge is -2.02.